The molecule has 0 atom stereocenters. The largest absolute Gasteiger partial charge is 0.496 e. The summed E-state index contributed by atoms with van der Waals surface area (Å²) in [5, 5.41) is 5.56. The highest BCUT2D eigenvalue weighted by Gasteiger charge is 2.14. The number of ether oxygens (including phenoxy) is 2. The number of carbonyl (C=O) groups is 2. The molecule has 172 valence electrons. The van der Waals surface area contributed by atoms with Gasteiger partial charge in [0.1, 0.15) is 18.1 Å². The van der Waals surface area contributed by atoms with Crippen molar-refractivity contribution in [2.75, 3.05) is 17.7 Å². The molecule has 3 rings (SSSR count). The van der Waals surface area contributed by atoms with Crippen molar-refractivity contribution in [3.8, 4) is 11.5 Å². The summed E-state index contributed by atoms with van der Waals surface area (Å²) in [5.74, 6) is 1.00. The topological polar surface area (TPSA) is 76.7 Å². The fourth-order valence-electron chi connectivity index (χ4n) is 3.29. The Balaban J connectivity index is 1.69. The molecule has 33 heavy (non-hydrogen) atoms. The molecule has 0 aliphatic carbocycles. The highest BCUT2D eigenvalue weighted by molar-refractivity contribution is 6.04. The minimum absolute atomic E-state index is 0.0771. The number of hydrogen-bond acceptors (Lipinski definition) is 4. The molecule has 3 aromatic carbocycles. The Labute approximate surface area is 194 Å². The van der Waals surface area contributed by atoms with E-state index >= 15 is 0 Å². The SMILES string of the molecule is COc1ccc(C(=O)Nc2ccc(NC(C)=O)cc2)cc1COc1ccc(C(C)(C)C)cc1. The molecular formula is C27H30N2O4. The first-order valence-corrected chi connectivity index (χ1v) is 10.7. The van der Waals surface area contributed by atoms with Crippen LogP contribution in [0, 0.1) is 0 Å². The van der Waals surface area contributed by atoms with Gasteiger partial charge in [0.2, 0.25) is 5.91 Å². The standard InChI is InChI=1S/C27H30N2O4/c1-18(30)28-22-9-11-23(12-10-22)29-26(31)19-6-15-25(32-5)20(16-19)17-33-24-13-7-21(8-14-24)27(2,3)4/h6-16H,17H2,1-5H3,(H,28,30)(H,29,31). The van der Waals surface area contributed by atoms with Crippen LogP contribution in [0.4, 0.5) is 11.4 Å². The summed E-state index contributed by atoms with van der Waals surface area (Å²) in [4.78, 5) is 23.9. The predicted molar refractivity (Wildman–Crippen MR) is 131 cm³/mol. The number of amides is 2. The normalized spacial score (nSPS) is 10.9. The quantitative estimate of drug-likeness (QED) is 0.482. The fourth-order valence-corrected chi connectivity index (χ4v) is 3.29. The summed E-state index contributed by atoms with van der Waals surface area (Å²) in [6, 6.07) is 20.2. The van der Waals surface area contributed by atoms with Crippen LogP contribution in [-0.2, 0) is 16.8 Å². The first-order valence-electron chi connectivity index (χ1n) is 10.7. The van der Waals surface area contributed by atoms with E-state index in [0.29, 0.717) is 22.7 Å². The molecule has 0 fully saturated rings. The van der Waals surface area contributed by atoms with Crippen LogP contribution < -0.4 is 20.1 Å². The molecule has 6 heteroatoms. The van der Waals surface area contributed by atoms with E-state index in [-0.39, 0.29) is 23.8 Å². The zero-order valence-electron chi connectivity index (χ0n) is 19.7. The van der Waals surface area contributed by atoms with Crippen molar-refractivity contribution in [3.05, 3.63) is 83.4 Å². The summed E-state index contributed by atoms with van der Waals surface area (Å²) < 4.78 is 11.4. The molecule has 0 aromatic heterocycles. The molecule has 0 saturated heterocycles. The Morgan fingerprint density at radius 2 is 1.45 bits per heavy atom. The summed E-state index contributed by atoms with van der Waals surface area (Å²) in [7, 11) is 1.59. The summed E-state index contributed by atoms with van der Waals surface area (Å²) in [6.07, 6.45) is 0. The molecule has 0 saturated carbocycles. The van der Waals surface area contributed by atoms with Gasteiger partial charge in [0.15, 0.2) is 0 Å². The van der Waals surface area contributed by atoms with E-state index in [4.69, 9.17) is 9.47 Å². The van der Waals surface area contributed by atoms with E-state index in [0.717, 1.165) is 11.3 Å². The van der Waals surface area contributed by atoms with Gasteiger partial charge in [-0.2, -0.15) is 0 Å². The Hall–Kier alpha value is -3.80. The number of methoxy groups -OCH3 is 1. The minimum atomic E-state index is -0.249. The predicted octanol–water partition coefficient (Wildman–Crippen LogP) is 5.78. The molecule has 3 aromatic rings. The minimum Gasteiger partial charge on any atom is -0.496 e. The Morgan fingerprint density at radius 1 is 0.848 bits per heavy atom. The number of benzene rings is 3. The molecule has 6 nitrogen and oxygen atoms in total. The van der Waals surface area contributed by atoms with Crippen molar-refractivity contribution in [2.24, 2.45) is 0 Å². The van der Waals surface area contributed by atoms with E-state index in [9.17, 15) is 9.59 Å². The van der Waals surface area contributed by atoms with Gasteiger partial charge >= 0.3 is 0 Å². The lowest BCUT2D eigenvalue weighted by Crippen LogP contribution is -2.13. The Bertz CT molecular complexity index is 1110. The molecule has 2 N–H and O–H groups in total. The van der Waals surface area contributed by atoms with Gasteiger partial charge in [0, 0.05) is 29.4 Å². The van der Waals surface area contributed by atoms with Gasteiger partial charge in [0.05, 0.1) is 7.11 Å². The summed E-state index contributed by atoms with van der Waals surface area (Å²) in [6.45, 7) is 8.22. The zero-order chi connectivity index (χ0) is 24.0. The van der Waals surface area contributed by atoms with Gasteiger partial charge < -0.3 is 20.1 Å². The lowest BCUT2D eigenvalue weighted by Gasteiger charge is -2.19. The Morgan fingerprint density at radius 3 is 2.00 bits per heavy atom. The Kier molecular flexibility index (Phi) is 7.38. The van der Waals surface area contributed by atoms with Crippen LogP contribution in [0.3, 0.4) is 0 Å². The van der Waals surface area contributed by atoms with Crippen molar-refractivity contribution in [3.63, 3.8) is 0 Å². The maximum Gasteiger partial charge on any atom is 0.255 e. The second-order valence-corrected chi connectivity index (χ2v) is 8.80. The molecule has 2 amide bonds. The van der Waals surface area contributed by atoms with E-state index in [1.165, 1.54) is 12.5 Å². The molecule has 0 bridgehead atoms. The monoisotopic (exact) mass is 446 g/mol. The van der Waals surface area contributed by atoms with Crippen LogP contribution in [0.25, 0.3) is 0 Å². The molecule has 0 aliphatic rings. The highest BCUT2D eigenvalue weighted by Crippen LogP contribution is 2.26. The van der Waals surface area contributed by atoms with Crippen LogP contribution in [0.15, 0.2) is 66.7 Å². The average Bonchev–Trinajstić information content (AvgIpc) is 2.78. The van der Waals surface area contributed by atoms with Crippen LogP contribution >= 0.6 is 0 Å². The van der Waals surface area contributed by atoms with Crippen LogP contribution in [0.1, 0.15) is 49.2 Å². The van der Waals surface area contributed by atoms with Crippen LogP contribution in [0.5, 0.6) is 11.5 Å². The third-order valence-electron chi connectivity index (χ3n) is 5.12. The van der Waals surface area contributed by atoms with E-state index in [1.807, 2.05) is 12.1 Å². The second-order valence-electron chi connectivity index (χ2n) is 8.80. The number of anilines is 2. The first kappa shape index (κ1) is 23.9. The molecule has 0 aliphatic heterocycles. The van der Waals surface area contributed by atoms with Gasteiger partial charge in [-0.3, -0.25) is 9.59 Å². The van der Waals surface area contributed by atoms with Crippen LogP contribution in [-0.4, -0.2) is 18.9 Å². The highest BCUT2D eigenvalue weighted by atomic mass is 16.5. The summed E-state index contributed by atoms with van der Waals surface area (Å²) >= 11 is 0. The number of nitrogens with one attached hydrogen (secondary N) is 2. The van der Waals surface area contributed by atoms with Crippen molar-refractivity contribution in [2.45, 2.75) is 39.7 Å². The van der Waals surface area contributed by atoms with E-state index in [1.54, 1.807) is 49.6 Å². The van der Waals surface area contributed by atoms with Gasteiger partial charge in [0.25, 0.3) is 5.91 Å². The van der Waals surface area contributed by atoms with Crippen LogP contribution in [0.2, 0.25) is 0 Å². The first-order chi connectivity index (χ1) is 15.7. The van der Waals surface area contributed by atoms with Crippen molar-refractivity contribution in [1.82, 2.24) is 0 Å². The third kappa shape index (κ3) is 6.59. The van der Waals surface area contributed by atoms with Gasteiger partial charge in [-0.25, -0.2) is 0 Å². The summed E-state index contributed by atoms with van der Waals surface area (Å²) in [5.41, 5.74) is 3.86. The lowest BCUT2D eigenvalue weighted by molar-refractivity contribution is -0.114. The average molecular weight is 447 g/mol. The number of hydrogen-bond donors (Lipinski definition) is 2. The van der Waals surface area contributed by atoms with Gasteiger partial charge in [-0.05, 0) is 65.6 Å². The lowest BCUT2D eigenvalue weighted by atomic mass is 9.87. The third-order valence-corrected chi connectivity index (χ3v) is 5.12. The maximum atomic E-state index is 12.8. The molecule has 0 unspecified atom stereocenters. The van der Waals surface area contributed by atoms with E-state index < -0.39 is 0 Å². The maximum absolute atomic E-state index is 12.8. The molecule has 0 radical (unpaired) electrons. The second kappa shape index (κ2) is 10.2. The van der Waals surface area contributed by atoms with Gasteiger partial charge in [-0.15, -0.1) is 0 Å². The number of carbonyl (C=O) groups excluding carboxylic acids is 2. The fraction of sp³-hybridized carbons (Fsp3) is 0.259. The number of rotatable bonds is 7. The van der Waals surface area contributed by atoms with E-state index in [2.05, 4.69) is 43.5 Å². The molecule has 0 heterocycles. The van der Waals surface area contributed by atoms with Crippen molar-refractivity contribution >= 4 is 23.2 Å². The molecule has 0 spiro atoms. The van der Waals surface area contributed by atoms with Gasteiger partial charge in [-0.1, -0.05) is 32.9 Å². The zero-order valence-corrected chi connectivity index (χ0v) is 19.7. The molecular weight excluding hydrogens is 416 g/mol. The van der Waals surface area contributed by atoms with Crippen molar-refractivity contribution in [1.29, 1.82) is 0 Å². The smallest absolute Gasteiger partial charge is 0.255 e. The van der Waals surface area contributed by atoms with Crippen molar-refractivity contribution < 1.29 is 19.1 Å².